The molecule has 0 bridgehead atoms. The summed E-state index contributed by atoms with van der Waals surface area (Å²) in [4.78, 5) is 30.8. The Labute approximate surface area is 175 Å². The Balaban J connectivity index is 1.46. The minimum Gasteiger partial charge on any atom is -0.353 e. The molecular weight excluding hydrogens is 378 g/mol. The second-order valence-electron chi connectivity index (χ2n) is 8.06. The summed E-state index contributed by atoms with van der Waals surface area (Å²) in [7, 11) is 1.82. The summed E-state index contributed by atoms with van der Waals surface area (Å²) in [6.45, 7) is 3.90. The van der Waals surface area contributed by atoms with Gasteiger partial charge >= 0.3 is 0 Å². The van der Waals surface area contributed by atoms with Crippen molar-refractivity contribution in [3.05, 3.63) is 47.9 Å². The zero-order valence-electron chi connectivity index (χ0n) is 17.6. The van der Waals surface area contributed by atoms with Crippen LogP contribution in [0.1, 0.15) is 48.7 Å². The van der Waals surface area contributed by atoms with Crippen LogP contribution >= 0.6 is 0 Å². The smallest absolute Gasteiger partial charge is 0.272 e. The van der Waals surface area contributed by atoms with E-state index in [2.05, 4.69) is 39.6 Å². The first-order valence-corrected chi connectivity index (χ1v) is 10.4. The molecule has 0 aliphatic heterocycles. The van der Waals surface area contributed by atoms with Crippen molar-refractivity contribution in [3.63, 3.8) is 0 Å². The summed E-state index contributed by atoms with van der Waals surface area (Å²) in [6.07, 6.45) is 6.62. The fourth-order valence-electron chi connectivity index (χ4n) is 4.21. The third-order valence-electron chi connectivity index (χ3n) is 6.04. The van der Waals surface area contributed by atoms with E-state index < -0.39 is 0 Å². The first-order chi connectivity index (χ1) is 14.5. The maximum atomic E-state index is 12.9. The van der Waals surface area contributed by atoms with Gasteiger partial charge in [-0.2, -0.15) is 5.10 Å². The van der Waals surface area contributed by atoms with Crippen LogP contribution in [0.3, 0.4) is 0 Å². The third-order valence-corrected chi connectivity index (χ3v) is 6.04. The second-order valence-corrected chi connectivity index (χ2v) is 8.06. The van der Waals surface area contributed by atoms with Crippen LogP contribution in [0.25, 0.3) is 22.0 Å². The van der Waals surface area contributed by atoms with Crippen molar-refractivity contribution in [1.82, 2.24) is 25.4 Å². The highest BCUT2D eigenvalue weighted by Gasteiger charge is 2.31. The molecule has 30 heavy (non-hydrogen) atoms. The predicted molar refractivity (Wildman–Crippen MR) is 116 cm³/mol. The lowest BCUT2D eigenvalue weighted by molar-refractivity contribution is -0.121. The molecule has 2 heterocycles. The Morgan fingerprint density at radius 3 is 2.80 bits per heavy atom. The van der Waals surface area contributed by atoms with Gasteiger partial charge in [-0.1, -0.05) is 13.0 Å². The fraction of sp³-hybridized carbons (Fsp3) is 0.391. The van der Waals surface area contributed by atoms with Crippen LogP contribution in [0, 0.1) is 6.92 Å². The number of pyridine rings is 1. The second kappa shape index (κ2) is 8.26. The molecule has 156 valence electrons. The molecule has 2 N–H and O–H groups in total. The number of aromatic amines is 1. The van der Waals surface area contributed by atoms with E-state index in [0.717, 1.165) is 46.9 Å². The number of benzene rings is 1. The molecule has 1 aliphatic rings. The van der Waals surface area contributed by atoms with E-state index in [1.165, 1.54) is 0 Å². The Bertz CT molecular complexity index is 1070. The number of hydrogen-bond donors (Lipinski definition) is 2. The lowest BCUT2D eigenvalue weighted by atomic mass is 10.00. The van der Waals surface area contributed by atoms with E-state index in [9.17, 15) is 9.59 Å². The van der Waals surface area contributed by atoms with Gasteiger partial charge in [-0.05, 0) is 55.5 Å². The van der Waals surface area contributed by atoms with Crippen molar-refractivity contribution in [2.75, 3.05) is 7.05 Å². The van der Waals surface area contributed by atoms with Crippen molar-refractivity contribution in [3.8, 4) is 11.1 Å². The van der Waals surface area contributed by atoms with Gasteiger partial charge in [0.1, 0.15) is 5.69 Å². The number of rotatable bonds is 5. The average molecular weight is 406 g/mol. The lowest BCUT2D eigenvalue weighted by Gasteiger charge is -2.24. The quantitative estimate of drug-likeness (QED) is 0.680. The molecule has 1 aromatic carbocycles. The first kappa shape index (κ1) is 20.1. The van der Waals surface area contributed by atoms with Gasteiger partial charge in [0.2, 0.25) is 5.91 Å². The standard InChI is InChI=1S/C23H27N5O2/c1-4-22(29)26-17-6-7-18(11-17)28(3)23(30)20-8-5-15(12-24-20)19-10-16-13-25-27-21(16)9-14(19)2/h5,8-10,12-13,17-18H,4,6-7,11H2,1-3H3,(H,25,27)(H,26,29)/t17-,18?/m0/s1. The monoisotopic (exact) mass is 405 g/mol. The van der Waals surface area contributed by atoms with Gasteiger partial charge in [-0.3, -0.25) is 19.7 Å². The van der Waals surface area contributed by atoms with Crippen LogP contribution in [-0.2, 0) is 4.79 Å². The van der Waals surface area contributed by atoms with E-state index in [4.69, 9.17) is 0 Å². The van der Waals surface area contributed by atoms with Gasteiger partial charge in [0.05, 0.1) is 11.7 Å². The van der Waals surface area contributed by atoms with Gasteiger partial charge in [-0.15, -0.1) is 0 Å². The third kappa shape index (κ3) is 3.92. The van der Waals surface area contributed by atoms with Gasteiger partial charge in [0.25, 0.3) is 5.91 Å². The summed E-state index contributed by atoms with van der Waals surface area (Å²) in [5.74, 6) is -0.0215. The molecule has 4 rings (SSSR count). The van der Waals surface area contributed by atoms with Crippen LogP contribution in [-0.4, -0.2) is 51.0 Å². The molecule has 1 unspecified atom stereocenters. The highest BCUT2D eigenvalue weighted by molar-refractivity contribution is 5.93. The van der Waals surface area contributed by atoms with Crippen LogP contribution < -0.4 is 5.32 Å². The zero-order valence-corrected chi connectivity index (χ0v) is 17.6. The molecule has 2 aromatic heterocycles. The maximum absolute atomic E-state index is 12.9. The summed E-state index contributed by atoms with van der Waals surface area (Å²) in [5.41, 5.74) is 4.61. The number of hydrogen-bond acceptors (Lipinski definition) is 4. The van der Waals surface area contributed by atoms with E-state index in [1.807, 2.05) is 20.0 Å². The number of H-pyrrole nitrogens is 1. The molecule has 0 radical (unpaired) electrons. The van der Waals surface area contributed by atoms with Gasteiger partial charge in [0, 0.05) is 42.7 Å². The fourth-order valence-corrected chi connectivity index (χ4v) is 4.21. The number of aryl methyl sites for hydroxylation is 1. The van der Waals surface area contributed by atoms with Crippen LogP contribution in [0.2, 0.25) is 0 Å². The number of nitrogens with one attached hydrogen (secondary N) is 2. The lowest BCUT2D eigenvalue weighted by Crippen LogP contribution is -2.38. The van der Waals surface area contributed by atoms with Gasteiger partial charge in [0.15, 0.2) is 0 Å². The van der Waals surface area contributed by atoms with Crippen LogP contribution in [0.15, 0.2) is 36.7 Å². The largest absolute Gasteiger partial charge is 0.353 e. The molecule has 1 fully saturated rings. The number of amides is 2. The maximum Gasteiger partial charge on any atom is 0.272 e. The Morgan fingerprint density at radius 1 is 1.23 bits per heavy atom. The molecule has 2 amide bonds. The van der Waals surface area contributed by atoms with Crippen molar-refractivity contribution in [1.29, 1.82) is 0 Å². The van der Waals surface area contributed by atoms with Crippen LogP contribution in [0.4, 0.5) is 0 Å². The zero-order chi connectivity index (χ0) is 21.3. The number of carbonyl (C=O) groups excluding carboxylic acids is 2. The molecule has 0 saturated heterocycles. The topological polar surface area (TPSA) is 91.0 Å². The van der Waals surface area contributed by atoms with Crippen LogP contribution in [0.5, 0.6) is 0 Å². The van der Waals surface area contributed by atoms with E-state index in [1.54, 1.807) is 23.4 Å². The summed E-state index contributed by atoms with van der Waals surface area (Å²) < 4.78 is 0. The highest BCUT2D eigenvalue weighted by Crippen LogP contribution is 2.28. The molecule has 7 nitrogen and oxygen atoms in total. The van der Waals surface area contributed by atoms with Crippen molar-refractivity contribution < 1.29 is 9.59 Å². The number of fused-ring (bicyclic) bond motifs is 1. The molecule has 0 spiro atoms. The van der Waals surface area contributed by atoms with Gasteiger partial charge in [-0.25, -0.2) is 0 Å². The molecule has 1 aliphatic carbocycles. The van der Waals surface area contributed by atoms with Gasteiger partial charge < -0.3 is 10.2 Å². The highest BCUT2D eigenvalue weighted by atomic mass is 16.2. The molecule has 2 atom stereocenters. The van der Waals surface area contributed by atoms with E-state index in [0.29, 0.717) is 12.1 Å². The Kier molecular flexibility index (Phi) is 5.53. The predicted octanol–water partition coefficient (Wildman–Crippen LogP) is 3.45. The SMILES string of the molecule is CCC(=O)N[C@H]1CCC(N(C)C(=O)c2ccc(-c3cc4cn[nH]c4cc3C)cn2)C1. The molecular formula is C23H27N5O2. The molecule has 3 aromatic rings. The van der Waals surface area contributed by atoms with Crippen molar-refractivity contribution in [2.24, 2.45) is 0 Å². The van der Waals surface area contributed by atoms with Crippen molar-refractivity contribution in [2.45, 2.75) is 51.6 Å². The average Bonchev–Trinajstić information content (AvgIpc) is 3.41. The van der Waals surface area contributed by atoms with Crippen molar-refractivity contribution >= 4 is 22.7 Å². The number of aromatic nitrogens is 3. The van der Waals surface area contributed by atoms with E-state index in [-0.39, 0.29) is 23.9 Å². The number of nitrogens with zero attached hydrogens (tertiary/aromatic N) is 3. The summed E-state index contributed by atoms with van der Waals surface area (Å²) in [5, 5.41) is 11.1. The normalized spacial score (nSPS) is 18.5. The van der Waals surface area contributed by atoms with E-state index >= 15 is 0 Å². The molecule has 7 heteroatoms. The minimum atomic E-state index is -0.0870. The minimum absolute atomic E-state index is 0.0655. The summed E-state index contributed by atoms with van der Waals surface area (Å²) in [6, 6.07) is 8.15. The molecule has 1 saturated carbocycles. The Morgan fingerprint density at radius 2 is 2.07 bits per heavy atom. The number of carbonyl (C=O) groups is 2. The summed E-state index contributed by atoms with van der Waals surface area (Å²) >= 11 is 0. The Hall–Kier alpha value is -3.22. The first-order valence-electron chi connectivity index (χ1n) is 10.4.